The monoisotopic (exact) mass is 471 g/mol. The molecule has 4 aromatic rings. The third kappa shape index (κ3) is 6.41. The normalized spacial score (nSPS) is 11.9. The summed E-state index contributed by atoms with van der Waals surface area (Å²) in [6, 6.07) is 22.6. The van der Waals surface area contributed by atoms with E-state index in [1.54, 1.807) is 24.3 Å². The van der Waals surface area contributed by atoms with Crippen LogP contribution in [-0.2, 0) is 4.79 Å². The van der Waals surface area contributed by atoms with Gasteiger partial charge >= 0.3 is 5.97 Å². The standard InChI is InChI=1S/C29H33N3O3/c1-28(2,3)20-29(4,5)31-27-26(30-24-13-9-10-18-32(24)27)21-14-16-23(17-15-21)35-25(33)19-34-22-11-7-6-8-12-22/h6-18,31H,19-20H2,1-5H3. The largest absolute Gasteiger partial charge is 0.482 e. The number of carbonyl (C=O) groups excluding carboxylic acids is 1. The lowest BCUT2D eigenvalue weighted by Gasteiger charge is -2.34. The summed E-state index contributed by atoms with van der Waals surface area (Å²) in [5, 5.41) is 3.74. The summed E-state index contributed by atoms with van der Waals surface area (Å²) in [5.41, 5.74) is 2.68. The first-order chi connectivity index (χ1) is 16.6. The van der Waals surface area contributed by atoms with E-state index in [4.69, 9.17) is 14.5 Å². The number of pyridine rings is 1. The van der Waals surface area contributed by atoms with E-state index >= 15 is 0 Å². The van der Waals surface area contributed by atoms with Crippen LogP contribution in [0.25, 0.3) is 16.9 Å². The molecule has 0 unspecified atom stereocenters. The number of nitrogens with zero attached hydrogens (tertiary/aromatic N) is 2. The molecular formula is C29H33N3O3. The summed E-state index contributed by atoms with van der Waals surface area (Å²) in [7, 11) is 0. The summed E-state index contributed by atoms with van der Waals surface area (Å²) in [4.78, 5) is 17.1. The van der Waals surface area contributed by atoms with Crippen molar-refractivity contribution in [3.8, 4) is 22.8 Å². The minimum absolute atomic E-state index is 0.146. The van der Waals surface area contributed by atoms with Crippen molar-refractivity contribution in [2.75, 3.05) is 11.9 Å². The molecule has 2 heterocycles. The Bertz CT molecular complexity index is 1290. The molecule has 35 heavy (non-hydrogen) atoms. The zero-order valence-corrected chi connectivity index (χ0v) is 21.0. The molecule has 0 aliphatic rings. The fourth-order valence-corrected chi connectivity index (χ4v) is 4.51. The van der Waals surface area contributed by atoms with E-state index in [9.17, 15) is 4.79 Å². The Morgan fingerprint density at radius 2 is 1.57 bits per heavy atom. The van der Waals surface area contributed by atoms with Gasteiger partial charge in [-0.05, 0) is 74.2 Å². The van der Waals surface area contributed by atoms with E-state index in [0.717, 1.165) is 29.1 Å². The van der Waals surface area contributed by atoms with Gasteiger partial charge in [-0.1, -0.05) is 45.0 Å². The first-order valence-corrected chi connectivity index (χ1v) is 11.8. The van der Waals surface area contributed by atoms with Gasteiger partial charge in [0.15, 0.2) is 6.61 Å². The lowest BCUT2D eigenvalue weighted by atomic mass is 9.82. The van der Waals surface area contributed by atoms with Crippen molar-refractivity contribution >= 4 is 17.4 Å². The van der Waals surface area contributed by atoms with Crippen molar-refractivity contribution in [3.63, 3.8) is 0 Å². The number of imidazole rings is 1. The van der Waals surface area contributed by atoms with Gasteiger partial charge in [-0.25, -0.2) is 9.78 Å². The second-order valence-corrected chi connectivity index (χ2v) is 10.6. The maximum atomic E-state index is 12.2. The van der Waals surface area contributed by atoms with E-state index in [1.165, 1.54) is 0 Å². The summed E-state index contributed by atoms with van der Waals surface area (Å²) in [6.45, 7) is 11.0. The Balaban J connectivity index is 1.53. The second kappa shape index (κ2) is 9.82. The van der Waals surface area contributed by atoms with Crippen LogP contribution in [0, 0.1) is 5.41 Å². The highest BCUT2D eigenvalue weighted by atomic mass is 16.6. The number of fused-ring (bicyclic) bond motifs is 1. The molecule has 0 bridgehead atoms. The summed E-state index contributed by atoms with van der Waals surface area (Å²) in [5.74, 6) is 1.57. The van der Waals surface area contributed by atoms with Crippen LogP contribution in [0.1, 0.15) is 41.0 Å². The molecular weight excluding hydrogens is 438 g/mol. The zero-order chi connectivity index (χ0) is 25.1. The third-order valence-corrected chi connectivity index (χ3v) is 5.42. The number of rotatable bonds is 8. The van der Waals surface area contributed by atoms with Gasteiger partial charge in [-0.2, -0.15) is 0 Å². The van der Waals surface area contributed by atoms with Crippen LogP contribution in [0.5, 0.6) is 11.5 Å². The minimum Gasteiger partial charge on any atom is -0.482 e. The molecule has 182 valence electrons. The highest BCUT2D eigenvalue weighted by Gasteiger charge is 2.28. The Hall–Kier alpha value is -3.80. The van der Waals surface area contributed by atoms with Gasteiger partial charge < -0.3 is 14.8 Å². The van der Waals surface area contributed by atoms with E-state index in [2.05, 4.69) is 44.3 Å². The first kappa shape index (κ1) is 24.3. The lowest BCUT2D eigenvalue weighted by Crippen LogP contribution is -2.36. The predicted octanol–water partition coefficient (Wildman–Crippen LogP) is 6.61. The molecule has 0 aliphatic carbocycles. The number of nitrogens with one attached hydrogen (secondary N) is 1. The number of benzene rings is 2. The molecule has 0 aliphatic heterocycles. The Labute approximate surface area is 206 Å². The molecule has 2 aromatic heterocycles. The van der Waals surface area contributed by atoms with Crippen molar-refractivity contribution in [3.05, 3.63) is 79.0 Å². The van der Waals surface area contributed by atoms with Crippen LogP contribution in [0.15, 0.2) is 79.0 Å². The molecule has 0 amide bonds. The number of hydrogen-bond donors (Lipinski definition) is 1. The molecule has 0 radical (unpaired) electrons. The quantitative estimate of drug-likeness (QED) is 0.231. The maximum absolute atomic E-state index is 12.2. The fourth-order valence-electron chi connectivity index (χ4n) is 4.51. The number of esters is 1. The Morgan fingerprint density at radius 1 is 0.886 bits per heavy atom. The SMILES string of the molecule is CC(C)(C)CC(C)(C)Nc1c(-c2ccc(OC(=O)COc3ccccc3)cc2)nc2ccccn12. The van der Waals surface area contributed by atoms with Crippen LogP contribution in [0.4, 0.5) is 5.82 Å². The summed E-state index contributed by atoms with van der Waals surface area (Å²) in [6.07, 6.45) is 3.00. The van der Waals surface area contributed by atoms with Crippen molar-refractivity contribution < 1.29 is 14.3 Å². The average molecular weight is 472 g/mol. The fraction of sp³-hybridized carbons (Fsp3) is 0.310. The number of anilines is 1. The molecule has 1 N–H and O–H groups in total. The third-order valence-electron chi connectivity index (χ3n) is 5.42. The molecule has 2 aromatic carbocycles. The van der Waals surface area contributed by atoms with Crippen LogP contribution in [-0.4, -0.2) is 27.5 Å². The highest BCUT2D eigenvalue weighted by molar-refractivity contribution is 5.78. The van der Waals surface area contributed by atoms with Gasteiger partial charge in [0.2, 0.25) is 0 Å². The molecule has 6 heteroatoms. The number of carbonyl (C=O) groups is 1. The van der Waals surface area contributed by atoms with Crippen LogP contribution >= 0.6 is 0 Å². The zero-order valence-electron chi connectivity index (χ0n) is 21.0. The summed E-state index contributed by atoms with van der Waals surface area (Å²) < 4.78 is 13.0. The van der Waals surface area contributed by atoms with Gasteiger partial charge in [0.1, 0.15) is 28.7 Å². The molecule has 4 rings (SSSR count). The number of hydrogen-bond acceptors (Lipinski definition) is 5. The van der Waals surface area contributed by atoms with Crippen molar-refractivity contribution in [2.24, 2.45) is 5.41 Å². The molecule has 0 atom stereocenters. The summed E-state index contributed by atoms with van der Waals surface area (Å²) >= 11 is 0. The molecule has 6 nitrogen and oxygen atoms in total. The van der Waals surface area contributed by atoms with Crippen LogP contribution in [0.3, 0.4) is 0 Å². The van der Waals surface area contributed by atoms with Crippen LogP contribution < -0.4 is 14.8 Å². The van der Waals surface area contributed by atoms with E-state index in [1.807, 2.05) is 54.7 Å². The Kier molecular flexibility index (Phi) is 6.83. The number of aromatic nitrogens is 2. The van der Waals surface area contributed by atoms with Crippen molar-refractivity contribution in [2.45, 2.75) is 46.6 Å². The van der Waals surface area contributed by atoms with E-state index < -0.39 is 5.97 Å². The van der Waals surface area contributed by atoms with Gasteiger partial charge in [0.05, 0.1) is 0 Å². The van der Waals surface area contributed by atoms with Gasteiger partial charge in [-0.3, -0.25) is 4.40 Å². The average Bonchev–Trinajstić information content (AvgIpc) is 3.15. The van der Waals surface area contributed by atoms with Crippen molar-refractivity contribution in [1.82, 2.24) is 9.38 Å². The molecule has 0 saturated heterocycles. The van der Waals surface area contributed by atoms with Crippen LogP contribution in [0.2, 0.25) is 0 Å². The maximum Gasteiger partial charge on any atom is 0.349 e. The highest BCUT2D eigenvalue weighted by Crippen LogP contribution is 2.35. The number of para-hydroxylation sites is 1. The first-order valence-electron chi connectivity index (χ1n) is 11.8. The smallest absolute Gasteiger partial charge is 0.349 e. The van der Waals surface area contributed by atoms with Gasteiger partial charge in [0, 0.05) is 17.3 Å². The molecule has 0 saturated carbocycles. The van der Waals surface area contributed by atoms with E-state index in [0.29, 0.717) is 11.5 Å². The predicted molar refractivity (Wildman–Crippen MR) is 140 cm³/mol. The number of ether oxygens (including phenoxy) is 2. The van der Waals surface area contributed by atoms with Gasteiger partial charge in [-0.15, -0.1) is 0 Å². The molecule has 0 spiro atoms. The lowest BCUT2D eigenvalue weighted by molar-refractivity contribution is -0.136. The van der Waals surface area contributed by atoms with Crippen molar-refractivity contribution in [1.29, 1.82) is 0 Å². The van der Waals surface area contributed by atoms with E-state index in [-0.39, 0.29) is 17.6 Å². The second-order valence-electron chi connectivity index (χ2n) is 10.6. The molecule has 0 fully saturated rings. The minimum atomic E-state index is -0.458. The topological polar surface area (TPSA) is 64.9 Å². The Morgan fingerprint density at radius 3 is 2.26 bits per heavy atom. The van der Waals surface area contributed by atoms with Gasteiger partial charge in [0.25, 0.3) is 0 Å².